The van der Waals surface area contributed by atoms with Gasteiger partial charge in [0.05, 0.1) is 0 Å². The quantitative estimate of drug-likeness (QED) is 0.583. The topological polar surface area (TPSA) is 26.3 Å². The molecule has 2 nitrogen and oxygen atoms in total. The van der Waals surface area contributed by atoms with Crippen LogP contribution in [0.4, 0.5) is 13.2 Å². The highest BCUT2D eigenvalue weighted by molar-refractivity contribution is 5.75. The lowest BCUT2D eigenvalue weighted by Crippen LogP contribution is -2.30. The van der Waals surface area contributed by atoms with Gasteiger partial charge in [0.1, 0.15) is 6.10 Å². The van der Waals surface area contributed by atoms with Gasteiger partial charge in [-0.25, -0.2) is 4.79 Å². The standard InChI is InChI=1S/C14H15F3O2/c1-2-6-12(19-13(18)14(15,16)17)10-9-11-7-4-3-5-8-11/h2-5,7-8,12H,1,6,9-10H2. The van der Waals surface area contributed by atoms with E-state index < -0.39 is 18.2 Å². The molecular formula is C14H15F3O2. The minimum absolute atomic E-state index is 0.203. The van der Waals surface area contributed by atoms with E-state index in [-0.39, 0.29) is 6.42 Å². The molecule has 0 saturated heterocycles. The normalized spacial score (nSPS) is 12.8. The van der Waals surface area contributed by atoms with Crippen molar-refractivity contribution in [1.82, 2.24) is 0 Å². The van der Waals surface area contributed by atoms with Crippen molar-refractivity contribution >= 4 is 5.97 Å². The van der Waals surface area contributed by atoms with E-state index in [1.807, 2.05) is 30.3 Å². The van der Waals surface area contributed by atoms with Crippen LogP contribution in [0.25, 0.3) is 0 Å². The van der Waals surface area contributed by atoms with E-state index in [0.29, 0.717) is 12.8 Å². The van der Waals surface area contributed by atoms with Crippen LogP contribution in [0.3, 0.4) is 0 Å². The third-order valence-corrected chi connectivity index (χ3v) is 2.53. The predicted octanol–water partition coefficient (Wildman–Crippen LogP) is 3.67. The van der Waals surface area contributed by atoms with Crippen LogP contribution in [0, 0.1) is 0 Å². The Balaban J connectivity index is 2.53. The molecule has 0 radical (unpaired) electrons. The van der Waals surface area contributed by atoms with Gasteiger partial charge < -0.3 is 4.74 Å². The second-order valence-corrected chi connectivity index (χ2v) is 4.07. The molecule has 104 valence electrons. The summed E-state index contributed by atoms with van der Waals surface area (Å²) in [6.45, 7) is 3.45. The van der Waals surface area contributed by atoms with Gasteiger partial charge in [-0.15, -0.1) is 6.58 Å². The van der Waals surface area contributed by atoms with Crippen molar-refractivity contribution in [2.45, 2.75) is 31.5 Å². The second kappa shape index (κ2) is 6.97. The largest absolute Gasteiger partial charge is 0.490 e. The van der Waals surface area contributed by atoms with Gasteiger partial charge >= 0.3 is 12.1 Å². The van der Waals surface area contributed by atoms with Gasteiger partial charge in [-0.3, -0.25) is 0 Å². The zero-order chi connectivity index (χ0) is 14.3. The predicted molar refractivity (Wildman–Crippen MR) is 65.5 cm³/mol. The van der Waals surface area contributed by atoms with E-state index >= 15 is 0 Å². The summed E-state index contributed by atoms with van der Waals surface area (Å²) in [5.41, 5.74) is 0.986. The molecule has 0 aliphatic rings. The smallest absolute Gasteiger partial charge is 0.455 e. The Labute approximate surface area is 109 Å². The van der Waals surface area contributed by atoms with Crippen molar-refractivity contribution in [1.29, 1.82) is 0 Å². The van der Waals surface area contributed by atoms with Gasteiger partial charge in [-0.05, 0) is 18.4 Å². The molecule has 1 unspecified atom stereocenters. The Kier molecular flexibility index (Phi) is 5.60. The maximum absolute atomic E-state index is 12.1. The number of ether oxygens (including phenoxy) is 1. The van der Waals surface area contributed by atoms with Crippen LogP contribution in [-0.2, 0) is 16.0 Å². The summed E-state index contributed by atoms with van der Waals surface area (Å²) in [6.07, 6.45) is -3.23. The Hall–Kier alpha value is -1.78. The number of rotatable bonds is 6. The molecular weight excluding hydrogens is 257 g/mol. The fourth-order valence-electron chi connectivity index (χ4n) is 1.60. The Bertz CT molecular complexity index is 412. The van der Waals surface area contributed by atoms with E-state index in [1.54, 1.807) is 0 Å². The molecule has 0 fully saturated rings. The minimum Gasteiger partial charge on any atom is -0.455 e. The number of halogens is 3. The van der Waals surface area contributed by atoms with E-state index in [1.165, 1.54) is 6.08 Å². The van der Waals surface area contributed by atoms with Crippen LogP contribution < -0.4 is 0 Å². The van der Waals surface area contributed by atoms with Crippen LogP contribution in [0.5, 0.6) is 0 Å². The first-order chi connectivity index (χ1) is 8.93. The molecule has 1 atom stereocenters. The van der Waals surface area contributed by atoms with E-state index in [9.17, 15) is 18.0 Å². The Morgan fingerprint density at radius 1 is 1.32 bits per heavy atom. The molecule has 0 heterocycles. The van der Waals surface area contributed by atoms with Crippen LogP contribution in [0.15, 0.2) is 43.0 Å². The van der Waals surface area contributed by atoms with Crippen LogP contribution in [0.1, 0.15) is 18.4 Å². The SMILES string of the molecule is C=CCC(CCc1ccccc1)OC(=O)C(F)(F)F. The molecule has 0 aromatic heterocycles. The van der Waals surface area contributed by atoms with Crippen LogP contribution in [-0.4, -0.2) is 18.2 Å². The van der Waals surface area contributed by atoms with Crippen molar-refractivity contribution < 1.29 is 22.7 Å². The van der Waals surface area contributed by atoms with Crippen molar-refractivity contribution in [3.8, 4) is 0 Å². The molecule has 0 amide bonds. The Morgan fingerprint density at radius 3 is 2.47 bits per heavy atom. The second-order valence-electron chi connectivity index (χ2n) is 4.07. The third-order valence-electron chi connectivity index (χ3n) is 2.53. The summed E-state index contributed by atoms with van der Waals surface area (Å²) in [6, 6.07) is 9.29. The number of hydrogen-bond donors (Lipinski definition) is 0. The summed E-state index contributed by atoms with van der Waals surface area (Å²) < 4.78 is 40.8. The first-order valence-electron chi connectivity index (χ1n) is 5.86. The summed E-state index contributed by atoms with van der Waals surface area (Å²) in [5.74, 6) is -2.15. The van der Waals surface area contributed by atoms with Crippen molar-refractivity contribution in [3.63, 3.8) is 0 Å². The number of aryl methyl sites for hydroxylation is 1. The first kappa shape index (κ1) is 15.3. The lowest BCUT2D eigenvalue weighted by molar-refractivity contribution is -0.205. The van der Waals surface area contributed by atoms with Crippen molar-refractivity contribution in [2.24, 2.45) is 0 Å². The molecule has 1 rings (SSSR count). The number of carbonyl (C=O) groups is 1. The first-order valence-corrected chi connectivity index (χ1v) is 5.86. The van der Waals surface area contributed by atoms with E-state index in [0.717, 1.165) is 5.56 Å². The number of alkyl halides is 3. The molecule has 19 heavy (non-hydrogen) atoms. The zero-order valence-corrected chi connectivity index (χ0v) is 10.3. The van der Waals surface area contributed by atoms with Gasteiger partial charge in [0.15, 0.2) is 0 Å². The van der Waals surface area contributed by atoms with Gasteiger partial charge in [-0.2, -0.15) is 13.2 Å². The average molecular weight is 272 g/mol. The van der Waals surface area contributed by atoms with Gasteiger partial charge in [-0.1, -0.05) is 36.4 Å². The molecule has 0 aliphatic heterocycles. The van der Waals surface area contributed by atoms with Crippen molar-refractivity contribution in [3.05, 3.63) is 48.6 Å². The fraction of sp³-hybridized carbons (Fsp3) is 0.357. The number of carbonyl (C=O) groups excluding carboxylic acids is 1. The number of hydrogen-bond acceptors (Lipinski definition) is 2. The fourth-order valence-corrected chi connectivity index (χ4v) is 1.60. The summed E-state index contributed by atoms with van der Waals surface area (Å²) in [4.78, 5) is 10.8. The molecule has 0 aliphatic carbocycles. The third kappa shape index (κ3) is 5.59. The highest BCUT2D eigenvalue weighted by atomic mass is 19.4. The molecule has 0 spiro atoms. The van der Waals surface area contributed by atoms with Crippen LogP contribution >= 0.6 is 0 Å². The lowest BCUT2D eigenvalue weighted by atomic mass is 10.1. The number of esters is 1. The molecule has 5 heteroatoms. The minimum atomic E-state index is -4.95. The molecule has 0 bridgehead atoms. The molecule has 1 aromatic carbocycles. The molecule has 0 N–H and O–H groups in total. The highest BCUT2D eigenvalue weighted by Crippen LogP contribution is 2.20. The van der Waals surface area contributed by atoms with Gasteiger partial charge in [0, 0.05) is 6.42 Å². The lowest BCUT2D eigenvalue weighted by Gasteiger charge is -2.17. The van der Waals surface area contributed by atoms with E-state index in [2.05, 4.69) is 11.3 Å². The summed E-state index contributed by atoms with van der Waals surface area (Å²) >= 11 is 0. The molecule has 1 aromatic rings. The maximum atomic E-state index is 12.1. The maximum Gasteiger partial charge on any atom is 0.490 e. The summed E-state index contributed by atoms with van der Waals surface area (Å²) in [5, 5.41) is 0. The van der Waals surface area contributed by atoms with E-state index in [4.69, 9.17) is 0 Å². The highest BCUT2D eigenvalue weighted by Gasteiger charge is 2.42. The van der Waals surface area contributed by atoms with Crippen LogP contribution in [0.2, 0.25) is 0 Å². The monoisotopic (exact) mass is 272 g/mol. The molecule has 0 saturated carbocycles. The van der Waals surface area contributed by atoms with Gasteiger partial charge in [0.25, 0.3) is 0 Å². The summed E-state index contributed by atoms with van der Waals surface area (Å²) in [7, 11) is 0. The average Bonchev–Trinajstić information content (AvgIpc) is 2.36. The zero-order valence-electron chi connectivity index (χ0n) is 10.3. The number of benzene rings is 1. The Morgan fingerprint density at radius 2 is 1.95 bits per heavy atom. The van der Waals surface area contributed by atoms with Gasteiger partial charge in [0.2, 0.25) is 0 Å². The van der Waals surface area contributed by atoms with Crippen molar-refractivity contribution in [2.75, 3.05) is 0 Å².